The van der Waals surface area contributed by atoms with Gasteiger partial charge in [-0.3, -0.25) is 9.59 Å². The smallest absolute Gasteiger partial charge is 0.311 e. The topological polar surface area (TPSA) is 49.4 Å². The Morgan fingerprint density at radius 2 is 1.50 bits per heavy atom. The second-order valence-corrected chi connectivity index (χ2v) is 6.25. The zero-order valence-electron chi connectivity index (χ0n) is 14.4. The zero-order valence-corrected chi connectivity index (χ0v) is 14.4. The van der Waals surface area contributed by atoms with E-state index in [-0.39, 0.29) is 12.0 Å². The van der Waals surface area contributed by atoms with Crippen molar-refractivity contribution in [2.45, 2.75) is 26.4 Å². The van der Waals surface area contributed by atoms with E-state index < -0.39 is 11.8 Å². The highest BCUT2D eigenvalue weighted by Gasteiger charge is 2.24. The van der Waals surface area contributed by atoms with Crippen LogP contribution < -0.4 is 5.32 Å². The van der Waals surface area contributed by atoms with E-state index in [2.05, 4.69) is 5.32 Å². The van der Waals surface area contributed by atoms with E-state index in [1.165, 1.54) is 4.90 Å². The largest absolute Gasteiger partial charge is 0.341 e. The number of nitrogens with one attached hydrogen (secondary N) is 1. The molecule has 126 valence electrons. The molecule has 0 heterocycles. The monoisotopic (exact) mass is 324 g/mol. The van der Waals surface area contributed by atoms with Crippen LogP contribution >= 0.6 is 0 Å². The first-order valence-corrected chi connectivity index (χ1v) is 8.14. The van der Waals surface area contributed by atoms with Gasteiger partial charge in [-0.1, -0.05) is 74.5 Å². The lowest BCUT2D eigenvalue weighted by atomic mass is 9.96. The van der Waals surface area contributed by atoms with Crippen LogP contribution in [-0.2, 0) is 16.1 Å². The van der Waals surface area contributed by atoms with Crippen LogP contribution in [0.2, 0.25) is 0 Å². The molecule has 4 nitrogen and oxygen atoms in total. The van der Waals surface area contributed by atoms with Crippen LogP contribution in [0.3, 0.4) is 0 Å². The molecule has 2 rings (SSSR count). The molecule has 1 N–H and O–H groups in total. The molecule has 0 aliphatic rings. The number of amides is 2. The first kappa shape index (κ1) is 17.7. The van der Waals surface area contributed by atoms with Crippen LogP contribution in [0, 0.1) is 5.92 Å². The van der Waals surface area contributed by atoms with Crippen LogP contribution in [0.5, 0.6) is 0 Å². The second-order valence-electron chi connectivity index (χ2n) is 6.25. The Bertz CT molecular complexity index is 669. The third-order valence-electron chi connectivity index (χ3n) is 3.92. The molecule has 2 aromatic rings. The van der Waals surface area contributed by atoms with Crippen molar-refractivity contribution in [3.05, 3.63) is 71.8 Å². The summed E-state index contributed by atoms with van der Waals surface area (Å²) >= 11 is 0. The summed E-state index contributed by atoms with van der Waals surface area (Å²) in [6.07, 6.45) is 0. The number of benzene rings is 2. The van der Waals surface area contributed by atoms with Gasteiger partial charge in [0.25, 0.3) is 0 Å². The van der Waals surface area contributed by atoms with Crippen LogP contribution in [0.15, 0.2) is 60.7 Å². The maximum Gasteiger partial charge on any atom is 0.311 e. The SMILES string of the molecule is CC(C)[C@@H](NC(=O)C(=O)N(C)Cc1ccccc1)c1ccccc1. The summed E-state index contributed by atoms with van der Waals surface area (Å²) in [6, 6.07) is 19.1. The molecule has 0 fully saturated rings. The molecule has 0 bridgehead atoms. The summed E-state index contributed by atoms with van der Waals surface area (Å²) < 4.78 is 0. The van der Waals surface area contributed by atoms with Gasteiger partial charge in [0.15, 0.2) is 0 Å². The van der Waals surface area contributed by atoms with Crippen molar-refractivity contribution in [1.82, 2.24) is 10.2 Å². The maximum atomic E-state index is 12.4. The van der Waals surface area contributed by atoms with Gasteiger partial charge in [-0.05, 0) is 17.0 Å². The molecule has 4 heteroatoms. The molecule has 0 saturated carbocycles. The van der Waals surface area contributed by atoms with Crippen LogP contribution in [0.25, 0.3) is 0 Å². The van der Waals surface area contributed by atoms with Crippen molar-refractivity contribution in [3.8, 4) is 0 Å². The van der Waals surface area contributed by atoms with Gasteiger partial charge in [0.1, 0.15) is 0 Å². The Hall–Kier alpha value is -2.62. The number of nitrogens with zero attached hydrogens (tertiary/aromatic N) is 1. The van der Waals surface area contributed by atoms with Gasteiger partial charge in [0, 0.05) is 13.6 Å². The lowest BCUT2D eigenvalue weighted by Crippen LogP contribution is -2.43. The highest BCUT2D eigenvalue weighted by Crippen LogP contribution is 2.21. The van der Waals surface area contributed by atoms with E-state index >= 15 is 0 Å². The lowest BCUT2D eigenvalue weighted by Gasteiger charge is -2.24. The molecular weight excluding hydrogens is 300 g/mol. The minimum absolute atomic E-state index is 0.184. The maximum absolute atomic E-state index is 12.4. The fourth-order valence-electron chi connectivity index (χ4n) is 2.60. The fourth-order valence-corrected chi connectivity index (χ4v) is 2.60. The van der Waals surface area contributed by atoms with E-state index in [1.54, 1.807) is 7.05 Å². The Kier molecular flexibility index (Phi) is 6.13. The minimum Gasteiger partial charge on any atom is -0.341 e. The summed E-state index contributed by atoms with van der Waals surface area (Å²) in [5.74, 6) is -0.917. The van der Waals surface area contributed by atoms with E-state index in [1.807, 2.05) is 74.5 Å². The average Bonchev–Trinajstić information content (AvgIpc) is 2.60. The Morgan fingerprint density at radius 3 is 2.04 bits per heavy atom. The normalized spacial score (nSPS) is 11.8. The quantitative estimate of drug-likeness (QED) is 0.859. The number of carbonyl (C=O) groups is 2. The molecule has 0 aromatic heterocycles. The third kappa shape index (κ3) is 4.69. The Labute approximate surface area is 143 Å². The standard InChI is InChI=1S/C20H24N2O2/c1-15(2)18(17-12-8-5-9-13-17)21-19(23)20(24)22(3)14-16-10-6-4-7-11-16/h4-13,15,18H,14H2,1-3H3,(H,21,23)/t18-/m1/s1. The molecule has 1 atom stereocenters. The van der Waals surface area contributed by atoms with Crippen LogP contribution in [0.4, 0.5) is 0 Å². The number of carbonyl (C=O) groups excluding carboxylic acids is 2. The number of hydrogen-bond donors (Lipinski definition) is 1. The molecule has 0 spiro atoms. The molecule has 0 radical (unpaired) electrons. The summed E-state index contributed by atoms with van der Waals surface area (Å²) in [5, 5.41) is 2.87. The Morgan fingerprint density at radius 1 is 0.958 bits per heavy atom. The summed E-state index contributed by atoms with van der Waals surface area (Å²) in [5.41, 5.74) is 1.99. The minimum atomic E-state index is -0.573. The van der Waals surface area contributed by atoms with Crippen LogP contribution in [0.1, 0.15) is 31.0 Å². The van der Waals surface area contributed by atoms with Gasteiger partial charge in [-0.2, -0.15) is 0 Å². The van der Waals surface area contributed by atoms with Crippen molar-refractivity contribution in [2.75, 3.05) is 7.05 Å². The van der Waals surface area contributed by atoms with Crippen molar-refractivity contribution >= 4 is 11.8 Å². The highest BCUT2D eigenvalue weighted by atomic mass is 16.2. The molecule has 2 aromatic carbocycles. The number of hydrogen-bond acceptors (Lipinski definition) is 2. The zero-order chi connectivity index (χ0) is 17.5. The van der Waals surface area contributed by atoms with Gasteiger partial charge in [-0.15, -0.1) is 0 Å². The number of likely N-dealkylation sites (N-methyl/N-ethyl adjacent to an activating group) is 1. The number of rotatable bonds is 5. The van der Waals surface area contributed by atoms with E-state index in [9.17, 15) is 9.59 Å². The summed E-state index contributed by atoms with van der Waals surface area (Å²) in [4.78, 5) is 26.1. The van der Waals surface area contributed by atoms with Crippen molar-refractivity contribution in [1.29, 1.82) is 0 Å². The van der Waals surface area contributed by atoms with Gasteiger partial charge < -0.3 is 10.2 Å². The van der Waals surface area contributed by atoms with Gasteiger partial charge in [-0.25, -0.2) is 0 Å². The van der Waals surface area contributed by atoms with Gasteiger partial charge in [0.05, 0.1) is 6.04 Å². The summed E-state index contributed by atoms with van der Waals surface area (Å²) in [6.45, 7) is 4.46. The molecule has 2 amide bonds. The van der Waals surface area contributed by atoms with Crippen molar-refractivity contribution in [2.24, 2.45) is 5.92 Å². The molecular formula is C20H24N2O2. The predicted molar refractivity (Wildman–Crippen MR) is 95.1 cm³/mol. The van der Waals surface area contributed by atoms with Crippen molar-refractivity contribution < 1.29 is 9.59 Å². The first-order valence-electron chi connectivity index (χ1n) is 8.14. The molecule has 0 aliphatic heterocycles. The molecule has 0 aliphatic carbocycles. The fraction of sp³-hybridized carbons (Fsp3) is 0.300. The second kappa shape index (κ2) is 8.29. The van der Waals surface area contributed by atoms with E-state index in [0.717, 1.165) is 11.1 Å². The molecule has 0 unspecified atom stereocenters. The van der Waals surface area contributed by atoms with Gasteiger partial charge >= 0.3 is 11.8 Å². The van der Waals surface area contributed by atoms with E-state index in [4.69, 9.17) is 0 Å². The summed E-state index contributed by atoms with van der Waals surface area (Å²) in [7, 11) is 1.64. The third-order valence-corrected chi connectivity index (χ3v) is 3.92. The predicted octanol–water partition coefficient (Wildman–Crippen LogP) is 3.16. The molecule has 24 heavy (non-hydrogen) atoms. The first-order chi connectivity index (χ1) is 11.5. The highest BCUT2D eigenvalue weighted by molar-refractivity contribution is 6.35. The van der Waals surface area contributed by atoms with Gasteiger partial charge in [0.2, 0.25) is 0 Å². The van der Waals surface area contributed by atoms with Crippen molar-refractivity contribution in [3.63, 3.8) is 0 Å². The van der Waals surface area contributed by atoms with E-state index in [0.29, 0.717) is 6.54 Å². The lowest BCUT2D eigenvalue weighted by molar-refractivity contribution is -0.145. The molecule has 0 saturated heterocycles. The Balaban J connectivity index is 2.02. The average molecular weight is 324 g/mol. The van der Waals surface area contributed by atoms with Crippen LogP contribution in [-0.4, -0.2) is 23.8 Å².